The Morgan fingerprint density at radius 2 is 2.00 bits per heavy atom. The summed E-state index contributed by atoms with van der Waals surface area (Å²) < 4.78 is 27.3. The van der Waals surface area contributed by atoms with Gasteiger partial charge in [-0.25, -0.2) is 8.42 Å². The van der Waals surface area contributed by atoms with Crippen LogP contribution in [0.2, 0.25) is 0 Å². The Bertz CT molecular complexity index is 490. The summed E-state index contributed by atoms with van der Waals surface area (Å²) in [5.74, 6) is -0.850. The first kappa shape index (κ1) is 12.7. The number of carbonyl (C=O) groups excluding carboxylic acids is 1. The van der Waals surface area contributed by atoms with Crippen LogP contribution in [0, 0.1) is 0 Å². The summed E-state index contributed by atoms with van der Waals surface area (Å²) in [4.78, 5) is 11.5. The largest absolute Gasteiger partial charge is 0.469 e. The van der Waals surface area contributed by atoms with Gasteiger partial charge in [0.2, 0.25) is 0 Å². The Morgan fingerprint density at radius 3 is 2.50 bits per heavy atom. The predicted molar refractivity (Wildman–Crippen MR) is 60.0 cm³/mol. The molecule has 0 bridgehead atoms. The molecule has 1 unspecified atom stereocenters. The molecule has 1 rings (SSSR count). The highest BCUT2D eigenvalue weighted by molar-refractivity contribution is 7.90. The molecule has 4 nitrogen and oxygen atoms in total. The Morgan fingerprint density at radius 1 is 1.38 bits per heavy atom. The van der Waals surface area contributed by atoms with E-state index in [1.165, 1.54) is 19.2 Å². The van der Waals surface area contributed by atoms with Gasteiger partial charge in [-0.05, 0) is 24.6 Å². The minimum Gasteiger partial charge on any atom is -0.469 e. The Balaban J connectivity index is 3.13. The van der Waals surface area contributed by atoms with Crippen molar-refractivity contribution in [2.75, 3.05) is 13.4 Å². The Kier molecular flexibility index (Phi) is 3.70. The molecule has 0 aliphatic heterocycles. The standard InChI is InChI=1S/C11H14O4S/c1-8(11(12)15-2)9-5-4-6-10(7-9)16(3,13)14/h4-8H,1-3H3. The van der Waals surface area contributed by atoms with Crippen LogP contribution in [0.4, 0.5) is 0 Å². The molecule has 0 fully saturated rings. The van der Waals surface area contributed by atoms with E-state index in [0.717, 1.165) is 6.26 Å². The lowest BCUT2D eigenvalue weighted by Gasteiger charge is -2.10. The molecule has 88 valence electrons. The van der Waals surface area contributed by atoms with Gasteiger partial charge in [0.1, 0.15) is 0 Å². The third-order valence-electron chi connectivity index (χ3n) is 2.34. The van der Waals surface area contributed by atoms with Crippen molar-refractivity contribution in [2.45, 2.75) is 17.7 Å². The van der Waals surface area contributed by atoms with Gasteiger partial charge in [0, 0.05) is 6.26 Å². The van der Waals surface area contributed by atoms with E-state index in [0.29, 0.717) is 5.56 Å². The fourth-order valence-electron chi connectivity index (χ4n) is 1.33. The first-order chi connectivity index (χ1) is 7.36. The van der Waals surface area contributed by atoms with E-state index in [4.69, 9.17) is 0 Å². The van der Waals surface area contributed by atoms with Crippen LogP contribution in [0.3, 0.4) is 0 Å². The average molecular weight is 242 g/mol. The lowest BCUT2D eigenvalue weighted by atomic mass is 10.0. The Hall–Kier alpha value is -1.36. The van der Waals surface area contributed by atoms with Crippen molar-refractivity contribution in [2.24, 2.45) is 0 Å². The zero-order chi connectivity index (χ0) is 12.3. The minimum absolute atomic E-state index is 0.209. The maximum Gasteiger partial charge on any atom is 0.312 e. The number of methoxy groups -OCH3 is 1. The van der Waals surface area contributed by atoms with Crippen molar-refractivity contribution in [1.29, 1.82) is 0 Å². The molecule has 0 heterocycles. The van der Waals surface area contributed by atoms with Gasteiger partial charge in [-0.1, -0.05) is 12.1 Å². The third-order valence-corrected chi connectivity index (χ3v) is 3.45. The summed E-state index contributed by atoms with van der Waals surface area (Å²) in [6, 6.07) is 6.32. The molecular formula is C11H14O4S. The molecule has 0 saturated heterocycles. The number of esters is 1. The molecule has 5 heteroatoms. The number of hydrogen-bond acceptors (Lipinski definition) is 4. The topological polar surface area (TPSA) is 60.4 Å². The van der Waals surface area contributed by atoms with Crippen LogP contribution >= 0.6 is 0 Å². The summed E-state index contributed by atoms with van der Waals surface area (Å²) in [7, 11) is -1.94. The highest BCUT2D eigenvalue weighted by Crippen LogP contribution is 2.20. The molecule has 1 aromatic carbocycles. The number of sulfone groups is 1. The van der Waals surface area contributed by atoms with Gasteiger partial charge in [0.25, 0.3) is 0 Å². The number of benzene rings is 1. The molecule has 0 aliphatic carbocycles. The summed E-state index contributed by atoms with van der Waals surface area (Å²) in [5, 5.41) is 0. The lowest BCUT2D eigenvalue weighted by molar-refractivity contribution is -0.141. The Labute approximate surface area is 95.2 Å². The van der Waals surface area contributed by atoms with Crippen molar-refractivity contribution in [3.05, 3.63) is 29.8 Å². The maximum atomic E-state index is 11.3. The number of carbonyl (C=O) groups is 1. The van der Waals surface area contributed by atoms with Crippen LogP contribution in [0.1, 0.15) is 18.4 Å². The van der Waals surface area contributed by atoms with Crippen LogP contribution in [0.5, 0.6) is 0 Å². The minimum atomic E-state index is -3.24. The van der Waals surface area contributed by atoms with E-state index in [2.05, 4.69) is 4.74 Å². The SMILES string of the molecule is COC(=O)C(C)c1cccc(S(C)(=O)=O)c1. The molecule has 16 heavy (non-hydrogen) atoms. The molecule has 0 N–H and O–H groups in total. The van der Waals surface area contributed by atoms with Crippen molar-refractivity contribution >= 4 is 15.8 Å². The zero-order valence-corrected chi connectivity index (χ0v) is 10.2. The number of ether oxygens (including phenoxy) is 1. The van der Waals surface area contributed by atoms with Crippen LogP contribution < -0.4 is 0 Å². The van der Waals surface area contributed by atoms with Crippen LogP contribution in [0.15, 0.2) is 29.2 Å². The van der Waals surface area contributed by atoms with Gasteiger partial charge >= 0.3 is 5.97 Å². The fourth-order valence-corrected chi connectivity index (χ4v) is 2.00. The van der Waals surface area contributed by atoms with Crippen molar-refractivity contribution in [3.8, 4) is 0 Å². The first-order valence-corrected chi connectivity index (χ1v) is 6.63. The molecule has 0 radical (unpaired) electrons. The van der Waals surface area contributed by atoms with E-state index in [1.54, 1.807) is 19.1 Å². The van der Waals surface area contributed by atoms with E-state index in [-0.39, 0.29) is 10.9 Å². The molecule has 1 atom stereocenters. The first-order valence-electron chi connectivity index (χ1n) is 4.74. The van der Waals surface area contributed by atoms with E-state index in [9.17, 15) is 13.2 Å². The lowest BCUT2D eigenvalue weighted by Crippen LogP contribution is -2.11. The van der Waals surface area contributed by atoms with Crippen molar-refractivity contribution in [3.63, 3.8) is 0 Å². The van der Waals surface area contributed by atoms with E-state index in [1.807, 2.05) is 0 Å². The zero-order valence-electron chi connectivity index (χ0n) is 9.43. The number of hydrogen-bond donors (Lipinski definition) is 0. The molecule has 1 aromatic rings. The van der Waals surface area contributed by atoms with Crippen molar-refractivity contribution in [1.82, 2.24) is 0 Å². The monoisotopic (exact) mass is 242 g/mol. The summed E-state index contributed by atoms with van der Waals surface area (Å²) >= 11 is 0. The second-order valence-electron chi connectivity index (χ2n) is 3.59. The summed E-state index contributed by atoms with van der Waals surface area (Å²) in [6.07, 6.45) is 1.13. The highest BCUT2D eigenvalue weighted by atomic mass is 32.2. The third kappa shape index (κ3) is 2.82. The molecule has 0 spiro atoms. The van der Waals surface area contributed by atoms with E-state index < -0.39 is 15.8 Å². The highest BCUT2D eigenvalue weighted by Gasteiger charge is 2.17. The normalized spacial score (nSPS) is 13.2. The average Bonchev–Trinajstić information content (AvgIpc) is 2.26. The number of rotatable bonds is 3. The van der Waals surface area contributed by atoms with Crippen LogP contribution in [-0.2, 0) is 19.4 Å². The van der Waals surface area contributed by atoms with Gasteiger partial charge < -0.3 is 4.74 Å². The predicted octanol–water partition coefficient (Wildman–Crippen LogP) is 1.37. The van der Waals surface area contributed by atoms with Crippen molar-refractivity contribution < 1.29 is 17.9 Å². The van der Waals surface area contributed by atoms with Gasteiger partial charge in [0.15, 0.2) is 9.84 Å². The smallest absolute Gasteiger partial charge is 0.312 e. The molecule has 0 aliphatic rings. The molecular weight excluding hydrogens is 228 g/mol. The fraction of sp³-hybridized carbons (Fsp3) is 0.364. The second-order valence-corrected chi connectivity index (χ2v) is 5.61. The van der Waals surface area contributed by atoms with Crippen LogP contribution in [0.25, 0.3) is 0 Å². The maximum absolute atomic E-state index is 11.3. The van der Waals surface area contributed by atoms with Crippen LogP contribution in [-0.4, -0.2) is 27.8 Å². The van der Waals surface area contributed by atoms with Gasteiger partial charge in [-0.15, -0.1) is 0 Å². The molecule has 0 aromatic heterocycles. The van der Waals surface area contributed by atoms with Gasteiger partial charge in [-0.2, -0.15) is 0 Å². The van der Waals surface area contributed by atoms with Gasteiger partial charge in [0.05, 0.1) is 17.9 Å². The molecule has 0 amide bonds. The summed E-state index contributed by atoms with van der Waals surface area (Å²) in [6.45, 7) is 1.67. The summed E-state index contributed by atoms with van der Waals surface area (Å²) in [5.41, 5.74) is 0.634. The van der Waals surface area contributed by atoms with Gasteiger partial charge in [-0.3, -0.25) is 4.79 Å². The van der Waals surface area contributed by atoms with E-state index >= 15 is 0 Å². The second kappa shape index (κ2) is 4.65. The molecule has 0 saturated carbocycles. The quantitative estimate of drug-likeness (QED) is 0.751.